The Bertz CT molecular complexity index is 606. The van der Waals surface area contributed by atoms with E-state index in [2.05, 4.69) is 25.1 Å². The summed E-state index contributed by atoms with van der Waals surface area (Å²) in [5.74, 6) is 1.40. The largest absolute Gasteiger partial charge is 0.378 e. The molecular formula is C19H29N5O2. The van der Waals surface area contributed by atoms with Gasteiger partial charge in [0.2, 0.25) is 5.91 Å². The number of carbonyl (C=O) groups excluding carboxylic acids is 1. The molecule has 0 radical (unpaired) electrons. The zero-order chi connectivity index (χ0) is 17.8. The summed E-state index contributed by atoms with van der Waals surface area (Å²) in [7, 11) is 0. The SMILES string of the molecule is O=C(NC1CCCC1)C1CCN(c2cncnc2N2CCOCC2)CC1. The van der Waals surface area contributed by atoms with Crippen LogP contribution in [0.3, 0.4) is 0 Å². The lowest BCUT2D eigenvalue weighted by Crippen LogP contribution is -2.44. The molecule has 2 aliphatic heterocycles. The molecule has 4 rings (SSSR count). The molecule has 0 aromatic carbocycles. The number of amides is 1. The van der Waals surface area contributed by atoms with Gasteiger partial charge in [0.1, 0.15) is 6.33 Å². The summed E-state index contributed by atoms with van der Waals surface area (Å²) in [6.45, 7) is 4.98. The van der Waals surface area contributed by atoms with Gasteiger partial charge in [-0.1, -0.05) is 12.8 Å². The van der Waals surface area contributed by atoms with Crippen molar-refractivity contribution in [3.05, 3.63) is 12.5 Å². The predicted octanol–water partition coefficient (Wildman–Crippen LogP) is 1.59. The molecule has 0 unspecified atom stereocenters. The second-order valence-electron chi connectivity index (χ2n) is 7.58. The van der Waals surface area contributed by atoms with E-state index in [0.717, 1.165) is 76.6 Å². The van der Waals surface area contributed by atoms with Crippen LogP contribution in [0.5, 0.6) is 0 Å². The van der Waals surface area contributed by atoms with E-state index in [9.17, 15) is 4.79 Å². The Hall–Kier alpha value is -1.89. The third-order valence-electron chi connectivity index (χ3n) is 5.89. The summed E-state index contributed by atoms with van der Waals surface area (Å²) in [6.07, 6.45) is 10.1. The van der Waals surface area contributed by atoms with E-state index in [-0.39, 0.29) is 11.8 Å². The van der Waals surface area contributed by atoms with E-state index in [1.54, 1.807) is 6.33 Å². The first-order valence-corrected chi connectivity index (χ1v) is 9.99. The topological polar surface area (TPSA) is 70.6 Å². The standard InChI is InChI=1S/C19H29N5O2/c25-19(22-16-3-1-2-4-16)15-5-7-23(8-6-15)17-13-20-14-21-18(17)24-9-11-26-12-10-24/h13-16H,1-12H2,(H,22,25). The molecule has 2 saturated heterocycles. The smallest absolute Gasteiger partial charge is 0.223 e. The molecular weight excluding hydrogens is 330 g/mol. The summed E-state index contributed by atoms with van der Waals surface area (Å²) in [4.78, 5) is 25.9. The quantitative estimate of drug-likeness (QED) is 0.880. The van der Waals surface area contributed by atoms with Crippen molar-refractivity contribution in [3.63, 3.8) is 0 Å². The van der Waals surface area contributed by atoms with E-state index in [0.29, 0.717) is 6.04 Å². The highest BCUT2D eigenvalue weighted by Crippen LogP contribution is 2.30. The van der Waals surface area contributed by atoms with Gasteiger partial charge in [-0.2, -0.15) is 0 Å². The average Bonchev–Trinajstić information content (AvgIpc) is 3.22. The van der Waals surface area contributed by atoms with Crippen molar-refractivity contribution >= 4 is 17.4 Å². The Morgan fingerprint density at radius 3 is 2.50 bits per heavy atom. The Labute approximate surface area is 155 Å². The number of hydrogen-bond acceptors (Lipinski definition) is 6. The van der Waals surface area contributed by atoms with E-state index in [4.69, 9.17) is 4.74 Å². The lowest BCUT2D eigenvalue weighted by molar-refractivity contribution is -0.126. The van der Waals surface area contributed by atoms with Crippen LogP contribution in [0.25, 0.3) is 0 Å². The third-order valence-corrected chi connectivity index (χ3v) is 5.89. The Morgan fingerprint density at radius 2 is 1.77 bits per heavy atom. The van der Waals surface area contributed by atoms with Gasteiger partial charge in [-0.3, -0.25) is 4.79 Å². The molecule has 0 bridgehead atoms. The lowest BCUT2D eigenvalue weighted by Gasteiger charge is -2.36. The van der Waals surface area contributed by atoms with E-state index < -0.39 is 0 Å². The molecule has 1 N–H and O–H groups in total. The summed E-state index contributed by atoms with van der Waals surface area (Å²) < 4.78 is 5.46. The highest BCUT2D eigenvalue weighted by molar-refractivity contribution is 5.79. The minimum absolute atomic E-state index is 0.142. The second kappa shape index (κ2) is 8.20. The maximum absolute atomic E-state index is 12.5. The van der Waals surface area contributed by atoms with E-state index in [1.807, 2.05) is 6.20 Å². The van der Waals surface area contributed by atoms with Gasteiger partial charge >= 0.3 is 0 Å². The van der Waals surface area contributed by atoms with Crippen molar-refractivity contribution in [2.24, 2.45) is 5.92 Å². The fourth-order valence-electron chi connectivity index (χ4n) is 4.33. The Balaban J connectivity index is 1.36. The van der Waals surface area contributed by atoms with Gasteiger partial charge in [-0.25, -0.2) is 9.97 Å². The minimum atomic E-state index is 0.142. The number of anilines is 2. The third kappa shape index (κ3) is 3.92. The Morgan fingerprint density at radius 1 is 1.04 bits per heavy atom. The van der Waals surface area contributed by atoms with Crippen LogP contribution in [0.1, 0.15) is 38.5 Å². The number of carbonyl (C=O) groups is 1. The fourth-order valence-corrected chi connectivity index (χ4v) is 4.33. The zero-order valence-corrected chi connectivity index (χ0v) is 15.4. The van der Waals surface area contributed by atoms with Crippen molar-refractivity contribution in [1.82, 2.24) is 15.3 Å². The van der Waals surface area contributed by atoms with Crippen LogP contribution in [0.15, 0.2) is 12.5 Å². The first-order chi connectivity index (χ1) is 12.8. The maximum Gasteiger partial charge on any atom is 0.223 e. The summed E-state index contributed by atoms with van der Waals surface area (Å²) >= 11 is 0. The lowest BCUT2D eigenvalue weighted by atomic mass is 9.95. The van der Waals surface area contributed by atoms with Crippen molar-refractivity contribution in [1.29, 1.82) is 0 Å². The van der Waals surface area contributed by atoms with E-state index >= 15 is 0 Å². The van der Waals surface area contributed by atoms with Gasteiger partial charge in [0.15, 0.2) is 5.82 Å². The molecule has 1 aromatic heterocycles. The van der Waals surface area contributed by atoms with Crippen molar-refractivity contribution in [2.45, 2.75) is 44.6 Å². The maximum atomic E-state index is 12.5. The number of ether oxygens (including phenoxy) is 1. The first-order valence-electron chi connectivity index (χ1n) is 9.99. The molecule has 0 spiro atoms. The minimum Gasteiger partial charge on any atom is -0.378 e. The molecule has 1 aromatic rings. The molecule has 1 saturated carbocycles. The monoisotopic (exact) mass is 359 g/mol. The molecule has 3 fully saturated rings. The molecule has 7 heteroatoms. The van der Waals surface area contributed by atoms with Crippen LogP contribution in [0.4, 0.5) is 11.5 Å². The first kappa shape index (κ1) is 17.5. The number of aromatic nitrogens is 2. The van der Waals surface area contributed by atoms with Gasteiger partial charge in [0.05, 0.1) is 25.1 Å². The fraction of sp³-hybridized carbons (Fsp3) is 0.737. The van der Waals surface area contributed by atoms with Crippen LogP contribution >= 0.6 is 0 Å². The van der Waals surface area contributed by atoms with Crippen LogP contribution in [-0.2, 0) is 9.53 Å². The number of nitrogens with zero attached hydrogens (tertiary/aromatic N) is 4. The van der Waals surface area contributed by atoms with Gasteiger partial charge in [-0.15, -0.1) is 0 Å². The van der Waals surface area contributed by atoms with Crippen molar-refractivity contribution in [2.75, 3.05) is 49.2 Å². The van der Waals surface area contributed by atoms with Crippen LogP contribution < -0.4 is 15.1 Å². The van der Waals surface area contributed by atoms with Gasteiger partial charge in [-0.05, 0) is 25.7 Å². The van der Waals surface area contributed by atoms with Crippen LogP contribution in [0.2, 0.25) is 0 Å². The van der Waals surface area contributed by atoms with E-state index in [1.165, 1.54) is 12.8 Å². The molecule has 3 heterocycles. The van der Waals surface area contributed by atoms with Gasteiger partial charge in [0, 0.05) is 38.1 Å². The average molecular weight is 359 g/mol. The van der Waals surface area contributed by atoms with Crippen molar-refractivity contribution in [3.8, 4) is 0 Å². The molecule has 0 atom stereocenters. The highest BCUT2D eigenvalue weighted by Gasteiger charge is 2.29. The van der Waals surface area contributed by atoms with Crippen molar-refractivity contribution < 1.29 is 9.53 Å². The summed E-state index contributed by atoms with van der Waals surface area (Å²) in [5, 5.41) is 3.26. The summed E-state index contributed by atoms with van der Waals surface area (Å²) in [5.41, 5.74) is 1.09. The highest BCUT2D eigenvalue weighted by atomic mass is 16.5. The second-order valence-corrected chi connectivity index (χ2v) is 7.58. The molecule has 3 aliphatic rings. The number of piperidine rings is 1. The van der Waals surface area contributed by atoms with Gasteiger partial charge < -0.3 is 19.9 Å². The molecule has 26 heavy (non-hydrogen) atoms. The van der Waals surface area contributed by atoms with Crippen LogP contribution in [0, 0.1) is 5.92 Å². The molecule has 7 nitrogen and oxygen atoms in total. The number of hydrogen-bond donors (Lipinski definition) is 1. The number of rotatable bonds is 4. The molecule has 1 amide bonds. The zero-order valence-electron chi connectivity index (χ0n) is 15.4. The number of nitrogens with one attached hydrogen (secondary N) is 1. The molecule has 1 aliphatic carbocycles. The summed E-state index contributed by atoms with van der Waals surface area (Å²) in [6, 6.07) is 0.413. The van der Waals surface area contributed by atoms with Gasteiger partial charge in [0.25, 0.3) is 0 Å². The van der Waals surface area contributed by atoms with Crippen LogP contribution in [-0.4, -0.2) is 61.3 Å². The Kier molecular flexibility index (Phi) is 5.53. The molecule has 142 valence electrons. The predicted molar refractivity (Wildman–Crippen MR) is 100 cm³/mol. The number of morpholine rings is 1. The normalized spacial score (nSPS) is 22.6.